The molecular weight excluding hydrogens is 599 g/mol. The van der Waals surface area contributed by atoms with Crippen molar-refractivity contribution in [2.45, 2.75) is 30.7 Å². The summed E-state index contributed by atoms with van der Waals surface area (Å²) in [5.41, 5.74) is -0.253. The number of ether oxygens (including phenoxy) is 2. The number of methoxy groups -OCH3 is 1. The van der Waals surface area contributed by atoms with E-state index in [1.54, 1.807) is 30.3 Å². The predicted octanol–water partition coefficient (Wildman–Crippen LogP) is 2.72. The number of fused-ring (bicyclic) bond motifs is 4. The number of amides is 2. The predicted molar refractivity (Wildman–Crippen MR) is 162 cm³/mol. The number of halogens is 1. The van der Waals surface area contributed by atoms with Crippen LogP contribution < -0.4 is 20.4 Å². The molecule has 0 spiro atoms. The van der Waals surface area contributed by atoms with E-state index < -0.39 is 54.0 Å². The van der Waals surface area contributed by atoms with Crippen molar-refractivity contribution in [1.29, 1.82) is 0 Å². The molecule has 12 heteroatoms. The van der Waals surface area contributed by atoms with Gasteiger partial charge in [-0.1, -0.05) is 36.4 Å². The molecule has 2 amide bonds. The van der Waals surface area contributed by atoms with E-state index >= 15 is 4.39 Å². The van der Waals surface area contributed by atoms with Gasteiger partial charge in [0.25, 0.3) is 5.91 Å². The molecule has 4 unspecified atom stereocenters. The van der Waals surface area contributed by atoms with Crippen molar-refractivity contribution in [3.63, 3.8) is 0 Å². The molecule has 3 aromatic carbocycles. The van der Waals surface area contributed by atoms with Gasteiger partial charge in [0.1, 0.15) is 35.5 Å². The van der Waals surface area contributed by atoms with Crippen molar-refractivity contribution in [3.05, 3.63) is 117 Å². The van der Waals surface area contributed by atoms with Crippen molar-refractivity contribution in [2.75, 3.05) is 20.3 Å². The van der Waals surface area contributed by atoms with Gasteiger partial charge in [0.05, 0.1) is 25.7 Å². The third-order valence-corrected chi connectivity index (χ3v) is 8.20. The Balaban J connectivity index is 1.51. The maximum absolute atomic E-state index is 15.0. The fourth-order valence-corrected chi connectivity index (χ4v) is 6.05. The van der Waals surface area contributed by atoms with Gasteiger partial charge in [-0.2, -0.15) is 0 Å². The summed E-state index contributed by atoms with van der Waals surface area (Å²) in [6.07, 6.45) is -0.700. The van der Waals surface area contributed by atoms with Crippen LogP contribution in [0.25, 0.3) is 11.0 Å². The summed E-state index contributed by atoms with van der Waals surface area (Å²) in [5, 5.41) is 24.3. The normalized spacial score (nSPS) is 19.8. The number of para-hydroxylation sites is 1. The molecule has 2 aliphatic rings. The second kappa shape index (κ2) is 12.6. The molecule has 11 nitrogen and oxygen atoms in total. The molecule has 46 heavy (non-hydrogen) atoms. The van der Waals surface area contributed by atoms with Gasteiger partial charge in [-0.05, 0) is 36.4 Å². The molecule has 4 aromatic rings. The smallest absolute Gasteiger partial charge is 0.349 e. The van der Waals surface area contributed by atoms with Crippen LogP contribution in [-0.2, 0) is 11.3 Å². The third kappa shape index (κ3) is 5.41. The maximum Gasteiger partial charge on any atom is 0.349 e. The van der Waals surface area contributed by atoms with Gasteiger partial charge < -0.3 is 34.3 Å². The maximum atomic E-state index is 15.0. The number of nitrogens with one attached hydrogen (secondary N) is 1. The van der Waals surface area contributed by atoms with Crippen LogP contribution in [-0.4, -0.2) is 71.7 Å². The monoisotopic (exact) mass is 628 g/mol. The van der Waals surface area contributed by atoms with Gasteiger partial charge in [-0.25, -0.2) is 9.18 Å². The minimum absolute atomic E-state index is 0.0643. The zero-order valence-electron chi connectivity index (χ0n) is 24.5. The Morgan fingerprint density at radius 1 is 1.11 bits per heavy atom. The van der Waals surface area contributed by atoms with E-state index in [9.17, 15) is 29.4 Å². The molecule has 1 aliphatic heterocycles. The van der Waals surface area contributed by atoms with Crippen LogP contribution in [0.5, 0.6) is 11.5 Å². The number of benzene rings is 3. The number of aldehydes is 1. The average Bonchev–Trinajstić information content (AvgIpc) is 3.46. The van der Waals surface area contributed by atoms with E-state index in [-0.39, 0.29) is 52.5 Å². The number of hydrogen-bond acceptors (Lipinski definition) is 9. The molecule has 0 fully saturated rings. The minimum atomic E-state index is -1.51. The molecule has 2 heterocycles. The highest BCUT2D eigenvalue weighted by Gasteiger charge is 2.51. The highest BCUT2D eigenvalue weighted by Crippen LogP contribution is 2.51. The third-order valence-electron chi connectivity index (χ3n) is 8.20. The van der Waals surface area contributed by atoms with Gasteiger partial charge in [-0.3, -0.25) is 14.4 Å². The number of rotatable bonds is 9. The van der Waals surface area contributed by atoms with Crippen molar-refractivity contribution >= 4 is 29.1 Å². The summed E-state index contributed by atoms with van der Waals surface area (Å²) in [5.74, 6) is -2.66. The fraction of sp³-hybridized carbons (Fsp3) is 0.235. The minimum Gasteiger partial charge on any atom is -0.493 e. The first kappa shape index (κ1) is 30.7. The Hall–Kier alpha value is -5.33. The van der Waals surface area contributed by atoms with Crippen LogP contribution in [0.3, 0.4) is 0 Å². The Bertz CT molecular complexity index is 1940. The number of aliphatic hydroxyl groups excluding tert-OH is 2. The number of carbonyl (C=O) groups excluding carboxylic acids is 3. The van der Waals surface area contributed by atoms with Crippen LogP contribution in [0.1, 0.15) is 37.8 Å². The van der Waals surface area contributed by atoms with E-state index in [1.165, 1.54) is 49.6 Å². The van der Waals surface area contributed by atoms with Crippen molar-refractivity contribution in [2.24, 2.45) is 0 Å². The summed E-state index contributed by atoms with van der Waals surface area (Å²) < 4.78 is 32.1. The number of nitrogens with zero attached hydrogens (tertiary/aromatic N) is 1. The Kier molecular flexibility index (Phi) is 8.39. The molecule has 6 rings (SSSR count). The highest BCUT2D eigenvalue weighted by molar-refractivity contribution is 5.99. The topological polar surface area (TPSA) is 156 Å². The number of carbonyl (C=O) groups is 3. The van der Waals surface area contributed by atoms with Gasteiger partial charge in [0.15, 0.2) is 11.5 Å². The zero-order chi connectivity index (χ0) is 32.5. The van der Waals surface area contributed by atoms with Gasteiger partial charge in [0, 0.05) is 40.7 Å². The molecular formula is C34H29FN2O9. The summed E-state index contributed by atoms with van der Waals surface area (Å²) in [7, 11) is 1.38. The molecule has 1 aromatic heterocycles. The Morgan fingerprint density at radius 3 is 2.61 bits per heavy atom. The lowest BCUT2D eigenvalue weighted by molar-refractivity contribution is -0.118. The molecule has 1 aliphatic carbocycles. The van der Waals surface area contributed by atoms with Crippen molar-refractivity contribution in [3.8, 4) is 11.5 Å². The zero-order valence-corrected chi connectivity index (χ0v) is 24.5. The second-order valence-electron chi connectivity index (χ2n) is 10.9. The van der Waals surface area contributed by atoms with Gasteiger partial charge >= 0.3 is 5.63 Å². The van der Waals surface area contributed by atoms with Crippen molar-refractivity contribution < 1.29 is 42.9 Å². The summed E-state index contributed by atoms with van der Waals surface area (Å²) in [4.78, 5) is 53.8. The van der Waals surface area contributed by atoms with E-state index in [0.717, 1.165) is 4.90 Å². The molecule has 0 saturated carbocycles. The average molecular weight is 629 g/mol. The lowest BCUT2D eigenvalue weighted by Crippen LogP contribution is -2.56. The van der Waals surface area contributed by atoms with Crippen LogP contribution in [0.15, 0.2) is 87.6 Å². The van der Waals surface area contributed by atoms with Crippen LogP contribution >= 0.6 is 0 Å². The van der Waals surface area contributed by atoms with Crippen molar-refractivity contribution in [1.82, 2.24) is 10.2 Å². The quantitative estimate of drug-likeness (QED) is 0.187. The molecule has 236 valence electrons. The molecule has 0 radical (unpaired) electrons. The van der Waals surface area contributed by atoms with Crippen LogP contribution in [0, 0.1) is 5.82 Å². The SMILES string of the molecule is COc1cc(C=O)cc2c1OC1C2C(C(=O)NCCO)=CC(N(Cc2ccccc2F)C(=O)c2cc3ccccc3oc2=O)C1O. The Labute approximate surface area is 261 Å². The molecule has 4 atom stereocenters. The Morgan fingerprint density at radius 2 is 1.87 bits per heavy atom. The van der Waals surface area contributed by atoms with E-state index in [0.29, 0.717) is 17.2 Å². The van der Waals surface area contributed by atoms with E-state index in [1.807, 2.05) is 0 Å². The van der Waals surface area contributed by atoms with Crippen LogP contribution in [0.4, 0.5) is 4.39 Å². The summed E-state index contributed by atoms with van der Waals surface area (Å²) in [6, 6.07) is 15.4. The van der Waals surface area contributed by atoms with E-state index in [2.05, 4.69) is 5.32 Å². The summed E-state index contributed by atoms with van der Waals surface area (Å²) in [6.45, 7) is -0.850. The first-order valence-electron chi connectivity index (χ1n) is 14.5. The molecule has 0 saturated heterocycles. The molecule has 0 bridgehead atoms. The standard InChI is InChI=1S/C34H29FN2O9/c1-44-27-13-18(17-39)12-21-28-22(32(41)36-10-11-38)15-25(29(40)31(28)46-30(21)27)37(16-20-7-2-4-8-24(20)35)33(42)23-14-19-6-3-5-9-26(19)45-34(23)43/h2-9,12-15,17,25,28-29,31,38,40H,10-11,16H2,1H3,(H,36,41). The first-order valence-corrected chi connectivity index (χ1v) is 14.5. The molecule has 3 N–H and O–H groups in total. The second-order valence-corrected chi connectivity index (χ2v) is 10.9. The summed E-state index contributed by atoms with van der Waals surface area (Å²) >= 11 is 0. The van der Waals surface area contributed by atoms with E-state index in [4.69, 9.17) is 13.9 Å². The number of hydrogen-bond donors (Lipinski definition) is 3. The van der Waals surface area contributed by atoms with Gasteiger partial charge in [0.2, 0.25) is 5.91 Å². The lowest BCUT2D eigenvalue weighted by Gasteiger charge is -2.40. The fourth-order valence-electron chi connectivity index (χ4n) is 6.05. The largest absolute Gasteiger partial charge is 0.493 e. The van der Waals surface area contributed by atoms with Gasteiger partial charge in [-0.15, -0.1) is 0 Å². The first-order chi connectivity index (χ1) is 22.2. The number of aliphatic hydroxyl groups is 2. The van der Waals surface area contributed by atoms with Crippen LogP contribution in [0.2, 0.25) is 0 Å². The highest BCUT2D eigenvalue weighted by atomic mass is 19.1. The lowest BCUT2D eigenvalue weighted by atomic mass is 9.77.